The Morgan fingerprint density at radius 2 is 2.14 bits per heavy atom. The minimum absolute atomic E-state index is 0.0359. The van der Waals surface area contributed by atoms with Crippen LogP contribution in [0.5, 0.6) is 5.75 Å². The Morgan fingerprint density at radius 3 is 2.71 bits per heavy atom. The lowest BCUT2D eigenvalue weighted by Gasteiger charge is -2.42. The molecule has 1 saturated heterocycles. The van der Waals surface area contributed by atoms with Crippen LogP contribution in [0.1, 0.15) is 37.9 Å². The lowest BCUT2D eigenvalue weighted by atomic mass is 9.83. The van der Waals surface area contributed by atoms with E-state index in [4.69, 9.17) is 14.2 Å². The van der Waals surface area contributed by atoms with E-state index in [0.29, 0.717) is 0 Å². The van der Waals surface area contributed by atoms with Crippen LogP contribution in [0.15, 0.2) is 6.20 Å². The summed E-state index contributed by atoms with van der Waals surface area (Å²) in [5.74, 6) is 0.800. The molecule has 2 rings (SSSR count). The number of rotatable bonds is 7. The Balaban J connectivity index is 2.38. The third kappa shape index (κ3) is 3.22. The fourth-order valence-corrected chi connectivity index (χ4v) is 3.06. The van der Waals surface area contributed by atoms with Crippen molar-refractivity contribution in [2.45, 2.75) is 37.8 Å². The number of ether oxygens (including phenoxy) is 3. The first-order valence-electron chi connectivity index (χ1n) is 7.60. The van der Waals surface area contributed by atoms with Gasteiger partial charge in [0.1, 0.15) is 0 Å². The van der Waals surface area contributed by atoms with Gasteiger partial charge in [-0.05, 0) is 13.0 Å². The number of aromatic nitrogens is 2. The first-order chi connectivity index (χ1) is 10.2. The minimum atomic E-state index is -0.283. The van der Waals surface area contributed by atoms with E-state index in [-0.39, 0.29) is 11.6 Å². The fourth-order valence-electron chi connectivity index (χ4n) is 3.06. The van der Waals surface area contributed by atoms with Crippen molar-refractivity contribution in [2.24, 2.45) is 7.05 Å². The number of hydrogen-bond acceptors (Lipinski definition) is 5. The third-order valence-electron chi connectivity index (χ3n) is 4.31. The van der Waals surface area contributed by atoms with Crippen LogP contribution < -0.4 is 10.1 Å². The van der Waals surface area contributed by atoms with Crippen molar-refractivity contribution < 1.29 is 14.2 Å². The average molecular weight is 297 g/mol. The first kappa shape index (κ1) is 16.3. The Labute approximate surface area is 126 Å². The summed E-state index contributed by atoms with van der Waals surface area (Å²) in [5, 5.41) is 7.97. The number of nitrogens with one attached hydrogen (secondary N) is 1. The van der Waals surface area contributed by atoms with Crippen molar-refractivity contribution in [1.82, 2.24) is 15.1 Å². The predicted molar refractivity (Wildman–Crippen MR) is 80.6 cm³/mol. The van der Waals surface area contributed by atoms with Gasteiger partial charge >= 0.3 is 0 Å². The van der Waals surface area contributed by atoms with Crippen LogP contribution in [0.3, 0.4) is 0 Å². The van der Waals surface area contributed by atoms with Crippen LogP contribution in [0.25, 0.3) is 0 Å². The van der Waals surface area contributed by atoms with Gasteiger partial charge in [-0.2, -0.15) is 5.10 Å². The molecule has 120 valence electrons. The molecular formula is C15H27N3O3. The molecule has 2 heterocycles. The molecular weight excluding hydrogens is 270 g/mol. The molecule has 21 heavy (non-hydrogen) atoms. The Morgan fingerprint density at radius 1 is 1.43 bits per heavy atom. The molecule has 1 aliphatic rings. The zero-order valence-electron chi connectivity index (χ0n) is 13.5. The zero-order valence-corrected chi connectivity index (χ0v) is 13.5. The predicted octanol–water partition coefficient (Wildman–Crippen LogP) is 1.66. The van der Waals surface area contributed by atoms with Gasteiger partial charge in [-0.15, -0.1) is 0 Å². The summed E-state index contributed by atoms with van der Waals surface area (Å²) >= 11 is 0. The summed E-state index contributed by atoms with van der Waals surface area (Å²) in [6, 6.07) is 0.0359. The molecule has 1 fully saturated rings. The first-order valence-corrected chi connectivity index (χ1v) is 7.60. The van der Waals surface area contributed by atoms with Gasteiger partial charge in [-0.25, -0.2) is 0 Å². The molecule has 0 bridgehead atoms. The molecule has 0 spiro atoms. The van der Waals surface area contributed by atoms with Gasteiger partial charge in [-0.1, -0.05) is 6.92 Å². The molecule has 0 saturated carbocycles. The molecule has 0 radical (unpaired) electrons. The van der Waals surface area contributed by atoms with E-state index in [0.717, 1.165) is 50.5 Å². The van der Waals surface area contributed by atoms with Crippen molar-refractivity contribution in [3.05, 3.63) is 11.9 Å². The van der Waals surface area contributed by atoms with Crippen molar-refractivity contribution in [3.63, 3.8) is 0 Å². The number of hydrogen-bond donors (Lipinski definition) is 1. The molecule has 1 atom stereocenters. The van der Waals surface area contributed by atoms with Crippen LogP contribution in [-0.4, -0.2) is 49.4 Å². The minimum Gasteiger partial charge on any atom is -0.493 e. The van der Waals surface area contributed by atoms with Crippen LogP contribution >= 0.6 is 0 Å². The van der Waals surface area contributed by atoms with Gasteiger partial charge in [0.15, 0.2) is 5.75 Å². The molecule has 1 N–H and O–H groups in total. The number of nitrogens with zero attached hydrogens (tertiary/aromatic N) is 2. The van der Waals surface area contributed by atoms with Gasteiger partial charge < -0.3 is 19.5 Å². The highest BCUT2D eigenvalue weighted by Gasteiger charge is 2.43. The third-order valence-corrected chi connectivity index (χ3v) is 4.31. The molecule has 6 nitrogen and oxygen atoms in total. The summed E-state index contributed by atoms with van der Waals surface area (Å²) in [6.07, 6.45) is 4.55. The molecule has 1 unspecified atom stereocenters. The SMILES string of the molecule is CCCNC(c1c(OC)cnn1C)C1(OC)CCOCC1. The van der Waals surface area contributed by atoms with E-state index in [1.165, 1.54) is 0 Å². The summed E-state index contributed by atoms with van der Waals surface area (Å²) in [4.78, 5) is 0. The van der Waals surface area contributed by atoms with Crippen LogP contribution in [0.2, 0.25) is 0 Å². The summed E-state index contributed by atoms with van der Waals surface area (Å²) in [5.41, 5.74) is 0.754. The van der Waals surface area contributed by atoms with E-state index in [1.54, 1.807) is 20.4 Å². The van der Waals surface area contributed by atoms with E-state index in [9.17, 15) is 0 Å². The molecule has 1 aliphatic heterocycles. The van der Waals surface area contributed by atoms with E-state index < -0.39 is 0 Å². The van der Waals surface area contributed by atoms with Gasteiger partial charge in [0.05, 0.1) is 30.6 Å². The monoisotopic (exact) mass is 297 g/mol. The standard InChI is InChI=1S/C15H27N3O3/c1-5-8-16-14(13-12(19-3)11-17-18(13)2)15(20-4)6-9-21-10-7-15/h11,14,16H,5-10H2,1-4H3. The second kappa shape index (κ2) is 7.24. The highest BCUT2D eigenvalue weighted by molar-refractivity contribution is 5.31. The molecule has 1 aromatic heterocycles. The van der Waals surface area contributed by atoms with Crippen LogP contribution in [-0.2, 0) is 16.5 Å². The maximum Gasteiger partial charge on any atom is 0.161 e. The summed E-state index contributed by atoms with van der Waals surface area (Å²) in [7, 11) is 5.41. The van der Waals surface area contributed by atoms with Gasteiger partial charge in [-0.3, -0.25) is 4.68 Å². The number of aryl methyl sites for hydroxylation is 1. The lowest BCUT2D eigenvalue weighted by molar-refractivity contribution is -0.113. The second-order valence-corrected chi connectivity index (χ2v) is 5.49. The van der Waals surface area contributed by atoms with Crippen molar-refractivity contribution in [3.8, 4) is 5.75 Å². The normalized spacial score (nSPS) is 19.4. The Bertz CT molecular complexity index is 441. The largest absolute Gasteiger partial charge is 0.493 e. The smallest absolute Gasteiger partial charge is 0.161 e. The summed E-state index contributed by atoms with van der Waals surface area (Å²) < 4.78 is 18.9. The van der Waals surface area contributed by atoms with Crippen LogP contribution in [0.4, 0.5) is 0 Å². The summed E-state index contributed by atoms with van der Waals surface area (Å²) in [6.45, 7) is 4.52. The average Bonchev–Trinajstić information content (AvgIpc) is 2.89. The van der Waals surface area contributed by atoms with E-state index >= 15 is 0 Å². The van der Waals surface area contributed by atoms with Crippen molar-refractivity contribution in [1.29, 1.82) is 0 Å². The second-order valence-electron chi connectivity index (χ2n) is 5.49. The molecule has 1 aromatic rings. The number of methoxy groups -OCH3 is 2. The van der Waals surface area contributed by atoms with Gasteiger partial charge in [0.25, 0.3) is 0 Å². The van der Waals surface area contributed by atoms with E-state index in [1.807, 2.05) is 11.7 Å². The molecule has 0 aromatic carbocycles. The molecule has 0 amide bonds. The van der Waals surface area contributed by atoms with Gasteiger partial charge in [0, 0.05) is 40.2 Å². The Hall–Kier alpha value is -1.11. The van der Waals surface area contributed by atoms with Crippen molar-refractivity contribution in [2.75, 3.05) is 34.0 Å². The highest BCUT2D eigenvalue weighted by atomic mass is 16.5. The maximum absolute atomic E-state index is 5.98. The zero-order chi connectivity index (χ0) is 15.3. The highest BCUT2D eigenvalue weighted by Crippen LogP contribution is 2.40. The van der Waals surface area contributed by atoms with Gasteiger partial charge in [0.2, 0.25) is 0 Å². The van der Waals surface area contributed by atoms with Crippen LogP contribution in [0, 0.1) is 0 Å². The topological polar surface area (TPSA) is 57.5 Å². The fraction of sp³-hybridized carbons (Fsp3) is 0.800. The lowest BCUT2D eigenvalue weighted by Crippen LogP contribution is -2.50. The molecule has 6 heteroatoms. The maximum atomic E-state index is 5.98. The quantitative estimate of drug-likeness (QED) is 0.829. The Kier molecular flexibility index (Phi) is 5.61. The van der Waals surface area contributed by atoms with E-state index in [2.05, 4.69) is 17.3 Å². The van der Waals surface area contributed by atoms with Crippen molar-refractivity contribution >= 4 is 0 Å². The molecule has 0 aliphatic carbocycles.